The van der Waals surface area contributed by atoms with Gasteiger partial charge in [0.15, 0.2) is 38.0 Å². The summed E-state index contributed by atoms with van der Waals surface area (Å²) in [6, 6.07) is 10.6. The topological polar surface area (TPSA) is 87.2 Å². The summed E-state index contributed by atoms with van der Waals surface area (Å²) in [5, 5.41) is 2.53. The predicted molar refractivity (Wildman–Crippen MR) is 136 cm³/mol. The monoisotopic (exact) mass is 518 g/mol. The van der Waals surface area contributed by atoms with Crippen molar-refractivity contribution in [1.29, 1.82) is 0 Å². The van der Waals surface area contributed by atoms with Gasteiger partial charge in [0.25, 0.3) is 0 Å². The van der Waals surface area contributed by atoms with E-state index in [1.165, 1.54) is 14.2 Å². The molecule has 1 fully saturated rings. The van der Waals surface area contributed by atoms with Crippen LogP contribution in [0.4, 0.5) is 5.13 Å². The predicted octanol–water partition coefficient (Wildman–Crippen LogP) is 4.21. The second-order valence-electron chi connectivity index (χ2n) is 8.24. The molecule has 0 spiro atoms. The maximum atomic E-state index is 13.3. The minimum atomic E-state index is -3.47. The summed E-state index contributed by atoms with van der Waals surface area (Å²) >= 11 is 1.59. The SMILES string of the molecule is COc1ccc(Cc2csc(N3CCC(S(=O)(=O)c4ccc(OC)c(OC)c4)CC3)n2)cc1OC. The van der Waals surface area contributed by atoms with E-state index in [4.69, 9.17) is 23.9 Å². The smallest absolute Gasteiger partial charge is 0.185 e. The molecule has 4 rings (SSSR count). The number of ether oxygens (including phenoxy) is 4. The molecular weight excluding hydrogens is 488 g/mol. The third kappa shape index (κ3) is 5.33. The summed E-state index contributed by atoms with van der Waals surface area (Å²) in [6.07, 6.45) is 1.77. The average molecular weight is 519 g/mol. The zero-order chi connectivity index (χ0) is 25.0. The van der Waals surface area contributed by atoms with Gasteiger partial charge in [0.05, 0.1) is 44.3 Å². The second kappa shape index (κ2) is 10.7. The van der Waals surface area contributed by atoms with E-state index in [1.54, 1.807) is 43.8 Å². The third-order valence-electron chi connectivity index (χ3n) is 6.21. The van der Waals surface area contributed by atoms with Crippen LogP contribution in [0.25, 0.3) is 0 Å². The number of methoxy groups -OCH3 is 4. The van der Waals surface area contributed by atoms with Gasteiger partial charge >= 0.3 is 0 Å². The van der Waals surface area contributed by atoms with Crippen LogP contribution in [0, 0.1) is 0 Å². The molecule has 35 heavy (non-hydrogen) atoms. The van der Waals surface area contributed by atoms with Crippen molar-refractivity contribution in [1.82, 2.24) is 4.98 Å². The van der Waals surface area contributed by atoms with Crippen molar-refractivity contribution >= 4 is 26.3 Å². The van der Waals surface area contributed by atoms with E-state index in [1.807, 2.05) is 18.2 Å². The number of piperidine rings is 1. The van der Waals surface area contributed by atoms with Gasteiger partial charge in [0.1, 0.15) is 0 Å². The summed E-state index contributed by atoms with van der Waals surface area (Å²) < 4.78 is 47.7. The van der Waals surface area contributed by atoms with E-state index in [0.29, 0.717) is 55.4 Å². The Morgan fingerprint density at radius 2 is 1.49 bits per heavy atom. The van der Waals surface area contributed by atoms with E-state index in [-0.39, 0.29) is 4.90 Å². The Morgan fingerprint density at radius 3 is 2.11 bits per heavy atom. The van der Waals surface area contributed by atoms with Crippen molar-refractivity contribution < 1.29 is 27.4 Å². The molecule has 1 aromatic heterocycles. The number of sulfone groups is 1. The van der Waals surface area contributed by atoms with E-state index in [0.717, 1.165) is 16.4 Å². The molecule has 0 amide bonds. The lowest BCUT2D eigenvalue weighted by Crippen LogP contribution is -2.39. The second-order valence-corrected chi connectivity index (χ2v) is 11.3. The number of benzene rings is 2. The van der Waals surface area contributed by atoms with Crippen LogP contribution in [0.5, 0.6) is 23.0 Å². The normalized spacial score (nSPS) is 14.6. The zero-order valence-corrected chi connectivity index (χ0v) is 21.9. The quantitative estimate of drug-likeness (QED) is 0.416. The molecule has 0 bridgehead atoms. The fourth-order valence-electron chi connectivity index (χ4n) is 4.27. The Bertz CT molecular complexity index is 1270. The number of thiazole rings is 1. The molecule has 1 aliphatic heterocycles. The van der Waals surface area contributed by atoms with Gasteiger partial charge in [-0.3, -0.25) is 0 Å². The lowest BCUT2D eigenvalue weighted by atomic mass is 10.1. The van der Waals surface area contributed by atoms with Gasteiger partial charge in [-0.2, -0.15) is 0 Å². The number of hydrogen-bond acceptors (Lipinski definition) is 9. The van der Waals surface area contributed by atoms with Crippen molar-refractivity contribution in [3.63, 3.8) is 0 Å². The highest BCUT2D eigenvalue weighted by atomic mass is 32.2. The standard InChI is InChI=1S/C25H30N2O6S2/c1-30-21-7-5-17(14-23(21)32-3)13-18-16-34-25(26-18)27-11-9-19(10-12-27)35(28,29)20-6-8-22(31-2)24(15-20)33-4/h5-8,14-16,19H,9-13H2,1-4H3. The van der Waals surface area contributed by atoms with Crippen molar-refractivity contribution in [2.45, 2.75) is 29.4 Å². The number of anilines is 1. The highest BCUT2D eigenvalue weighted by molar-refractivity contribution is 7.92. The van der Waals surface area contributed by atoms with Gasteiger partial charge in [-0.1, -0.05) is 6.07 Å². The van der Waals surface area contributed by atoms with Crippen LogP contribution in [0.15, 0.2) is 46.7 Å². The molecule has 2 heterocycles. The van der Waals surface area contributed by atoms with Crippen LogP contribution in [0.2, 0.25) is 0 Å². The van der Waals surface area contributed by atoms with Gasteiger partial charge in [-0.15, -0.1) is 11.3 Å². The Balaban J connectivity index is 1.40. The molecule has 1 aliphatic rings. The van der Waals surface area contributed by atoms with E-state index in [2.05, 4.69) is 10.3 Å². The number of hydrogen-bond donors (Lipinski definition) is 0. The van der Waals surface area contributed by atoms with Crippen LogP contribution in [0.3, 0.4) is 0 Å². The lowest BCUT2D eigenvalue weighted by molar-refractivity contribution is 0.354. The van der Waals surface area contributed by atoms with Crippen LogP contribution < -0.4 is 23.8 Å². The number of rotatable bonds is 9. The maximum absolute atomic E-state index is 13.3. The summed E-state index contributed by atoms with van der Waals surface area (Å²) in [4.78, 5) is 7.24. The van der Waals surface area contributed by atoms with Gasteiger partial charge in [-0.25, -0.2) is 13.4 Å². The molecule has 1 saturated heterocycles. The highest BCUT2D eigenvalue weighted by Gasteiger charge is 2.32. The first-order valence-electron chi connectivity index (χ1n) is 11.3. The maximum Gasteiger partial charge on any atom is 0.185 e. The number of nitrogens with zero attached hydrogens (tertiary/aromatic N) is 2. The molecule has 0 unspecified atom stereocenters. The van der Waals surface area contributed by atoms with Gasteiger partial charge in [0, 0.05) is 31.0 Å². The fourth-order valence-corrected chi connectivity index (χ4v) is 6.89. The van der Waals surface area contributed by atoms with Crippen LogP contribution in [-0.4, -0.2) is 60.2 Å². The molecular formula is C25H30N2O6S2. The Hall–Kier alpha value is -2.98. The summed E-state index contributed by atoms with van der Waals surface area (Å²) in [6.45, 7) is 1.28. The van der Waals surface area contributed by atoms with Gasteiger partial charge in [-0.05, 0) is 42.7 Å². The molecule has 0 aliphatic carbocycles. The van der Waals surface area contributed by atoms with Gasteiger partial charge in [0.2, 0.25) is 0 Å². The van der Waals surface area contributed by atoms with Crippen LogP contribution in [-0.2, 0) is 16.3 Å². The first kappa shape index (κ1) is 25.1. The summed E-state index contributed by atoms with van der Waals surface area (Å²) in [5.74, 6) is 2.31. The first-order chi connectivity index (χ1) is 16.9. The number of aromatic nitrogens is 1. The van der Waals surface area contributed by atoms with E-state index < -0.39 is 15.1 Å². The molecule has 3 aromatic rings. The van der Waals surface area contributed by atoms with Crippen molar-refractivity contribution in [3.8, 4) is 23.0 Å². The minimum Gasteiger partial charge on any atom is -0.493 e. The Labute approximate surface area is 210 Å². The Morgan fingerprint density at radius 1 is 0.886 bits per heavy atom. The summed E-state index contributed by atoms with van der Waals surface area (Å²) in [7, 11) is 2.79. The zero-order valence-electron chi connectivity index (χ0n) is 20.3. The first-order valence-corrected chi connectivity index (χ1v) is 13.7. The van der Waals surface area contributed by atoms with Crippen molar-refractivity contribution in [3.05, 3.63) is 53.0 Å². The van der Waals surface area contributed by atoms with Crippen molar-refractivity contribution in [2.75, 3.05) is 46.4 Å². The molecule has 0 radical (unpaired) electrons. The minimum absolute atomic E-state index is 0.264. The molecule has 0 N–H and O–H groups in total. The molecule has 8 nitrogen and oxygen atoms in total. The van der Waals surface area contributed by atoms with Crippen LogP contribution in [0.1, 0.15) is 24.1 Å². The van der Waals surface area contributed by atoms with E-state index >= 15 is 0 Å². The van der Waals surface area contributed by atoms with Crippen molar-refractivity contribution in [2.24, 2.45) is 0 Å². The Kier molecular flexibility index (Phi) is 7.71. The molecule has 0 atom stereocenters. The van der Waals surface area contributed by atoms with Crippen LogP contribution >= 0.6 is 11.3 Å². The highest BCUT2D eigenvalue weighted by Crippen LogP contribution is 2.34. The van der Waals surface area contributed by atoms with Gasteiger partial charge < -0.3 is 23.8 Å². The summed E-state index contributed by atoms with van der Waals surface area (Å²) in [5.41, 5.74) is 2.05. The lowest BCUT2D eigenvalue weighted by Gasteiger charge is -2.31. The largest absolute Gasteiger partial charge is 0.493 e. The third-order valence-corrected chi connectivity index (χ3v) is 9.42. The molecule has 10 heteroatoms. The molecule has 188 valence electrons. The molecule has 2 aromatic carbocycles. The fraction of sp³-hybridized carbons (Fsp3) is 0.400. The average Bonchev–Trinajstić information content (AvgIpc) is 3.36. The van der Waals surface area contributed by atoms with E-state index in [9.17, 15) is 8.42 Å². The molecule has 0 saturated carbocycles.